The van der Waals surface area contributed by atoms with Crippen LogP contribution in [0.1, 0.15) is 70.9 Å². The molecule has 0 saturated heterocycles. The first-order valence-corrected chi connectivity index (χ1v) is 15.5. The van der Waals surface area contributed by atoms with Crippen LogP contribution in [0, 0.1) is 11.8 Å². The van der Waals surface area contributed by atoms with Crippen LogP contribution in [0.5, 0.6) is 5.75 Å². The molecule has 3 rings (SSSR count). The Morgan fingerprint density at radius 1 is 0.977 bits per heavy atom. The molecule has 0 heterocycles. The van der Waals surface area contributed by atoms with E-state index >= 15 is 0 Å². The zero-order valence-corrected chi connectivity index (χ0v) is 26.5. The van der Waals surface area contributed by atoms with Crippen LogP contribution in [0.25, 0.3) is 11.1 Å². The highest BCUT2D eigenvalue weighted by atomic mass is 16.5. The van der Waals surface area contributed by atoms with Gasteiger partial charge in [-0.05, 0) is 60.9 Å². The molecule has 232 valence electrons. The SMILES string of the molecule is C=C/C(C(=O)NC)=C(/NNCCCNC(=O)C1CCCCC1)C(=NC(C)c1ccc(-c2ccc(OC)cc2)cc1)C(C)C. The van der Waals surface area contributed by atoms with E-state index < -0.39 is 0 Å². The monoisotopic (exact) mass is 587 g/mol. The van der Waals surface area contributed by atoms with Gasteiger partial charge in [-0.2, -0.15) is 0 Å². The van der Waals surface area contributed by atoms with E-state index in [-0.39, 0.29) is 29.7 Å². The third kappa shape index (κ3) is 9.82. The molecule has 1 fully saturated rings. The maximum Gasteiger partial charge on any atom is 0.253 e. The van der Waals surface area contributed by atoms with Gasteiger partial charge in [-0.1, -0.05) is 82.2 Å². The summed E-state index contributed by atoms with van der Waals surface area (Å²) in [5.41, 5.74) is 11.6. The first-order chi connectivity index (χ1) is 20.8. The van der Waals surface area contributed by atoms with Crippen LogP contribution in [0.4, 0.5) is 0 Å². The lowest BCUT2D eigenvalue weighted by molar-refractivity contribution is -0.125. The van der Waals surface area contributed by atoms with E-state index in [1.165, 1.54) is 6.42 Å². The van der Waals surface area contributed by atoms with E-state index in [0.717, 1.165) is 60.3 Å². The third-order valence-corrected chi connectivity index (χ3v) is 7.86. The third-order valence-electron chi connectivity index (χ3n) is 7.86. The minimum absolute atomic E-state index is 0.0275. The van der Waals surface area contributed by atoms with Crippen LogP contribution in [0.15, 0.2) is 77.4 Å². The Kier molecular flexibility index (Phi) is 13.5. The molecule has 1 atom stereocenters. The number of nitrogens with one attached hydrogen (secondary N) is 4. The highest BCUT2D eigenvalue weighted by Gasteiger charge is 2.22. The Morgan fingerprint density at radius 3 is 2.16 bits per heavy atom. The lowest BCUT2D eigenvalue weighted by atomic mass is 9.89. The topological polar surface area (TPSA) is 104 Å². The van der Waals surface area contributed by atoms with E-state index in [2.05, 4.69) is 73.1 Å². The van der Waals surface area contributed by atoms with Crippen molar-refractivity contribution in [2.75, 3.05) is 27.2 Å². The molecular weight excluding hydrogens is 538 g/mol. The summed E-state index contributed by atoms with van der Waals surface area (Å²) in [4.78, 5) is 30.4. The van der Waals surface area contributed by atoms with E-state index in [1.807, 2.05) is 24.3 Å². The largest absolute Gasteiger partial charge is 0.497 e. The van der Waals surface area contributed by atoms with Gasteiger partial charge in [0.2, 0.25) is 5.91 Å². The number of methoxy groups -OCH3 is 1. The molecule has 1 aliphatic carbocycles. The number of ether oxygens (including phenoxy) is 1. The summed E-state index contributed by atoms with van der Waals surface area (Å²) in [6, 6.07) is 16.2. The van der Waals surface area contributed by atoms with E-state index in [9.17, 15) is 9.59 Å². The molecule has 0 bridgehead atoms. The fourth-order valence-corrected chi connectivity index (χ4v) is 5.28. The summed E-state index contributed by atoms with van der Waals surface area (Å²) in [7, 11) is 3.27. The summed E-state index contributed by atoms with van der Waals surface area (Å²) in [5.74, 6) is 0.932. The molecule has 2 amide bonds. The molecule has 4 N–H and O–H groups in total. The van der Waals surface area contributed by atoms with Crippen molar-refractivity contribution in [2.45, 2.75) is 65.3 Å². The zero-order chi connectivity index (χ0) is 31.2. The minimum atomic E-state index is -0.246. The van der Waals surface area contributed by atoms with Crippen molar-refractivity contribution >= 4 is 17.5 Å². The molecule has 0 aliphatic heterocycles. The molecule has 1 unspecified atom stereocenters. The summed E-state index contributed by atoms with van der Waals surface area (Å²) in [6.07, 6.45) is 7.80. The first-order valence-electron chi connectivity index (χ1n) is 15.5. The maximum atomic E-state index is 12.8. The number of rotatable bonds is 15. The van der Waals surface area contributed by atoms with Crippen molar-refractivity contribution < 1.29 is 14.3 Å². The first kappa shape index (κ1) is 33.6. The second-order valence-electron chi connectivity index (χ2n) is 11.3. The second kappa shape index (κ2) is 17.3. The number of carbonyl (C=O) groups excluding carboxylic acids is 2. The number of aliphatic imine (C=N–C) groups is 1. The average Bonchev–Trinajstić information content (AvgIpc) is 3.04. The quantitative estimate of drug-likeness (QED) is 0.0684. The van der Waals surface area contributed by atoms with Gasteiger partial charge < -0.3 is 20.8 Å². The fraction of sp³-hybridized carbons (Fsp3) is 0.457. The van der Waals surface area contributed by atoms with Gasteiger partial charge >= 0.3 is 0 Å². The fourth-order valence-electron chi connectivity index (χ4n) is 5.28. The molecule has 2 aromatic rings. The predicted molar refractivity (Wildman–Crippen MR) is 176 cm³/mol. The van der Waals surface area contributed by atoms with Crippen molar-refractivity contribution in [2.24, 2.45) is 16.8 Å². The lowest BCUT2D eigenvalue weighted by Crippen LogP contribution is -2.40. The number of carbonyl (C=O) groups is 2. The van der Waals surface area contributed by atoms with Crippen LogP contribution in [-0.4, -0.2) is 44.8 Å². The number of likely N-dealkylation sites (N-methyl/N-ethyl adjacent to an activating group) is 1. The van der Waals surface area contributed by atoms with Crippen molar-refractivity contribution in [3.8, 4) is 16.9 Å². The number of amides is 2. The molecular formula is C35H49N5O3. The van der Waals surface area contributed by atoms with Gasteiger partial charge in [-0.3, -0.25) is 14.6 Å². The van der Waals surface area contributed by atoms with Gasteiger partial charge in [0.05, 0.1) is 30.1 Å². The van der Waals surface area contributed by atoms with Crippen LogP contribution < -0.4 is 26.2 Å². The summed E-state index contributed by atoms with van der Waals surface area (Å²) < 4.78 is 5.27. The predicted octanol–water partition coefficient (Wildman–Crippen LogP) is 5.89. The highest BCUT2D eigenvalue weighted by Crippen LogP contribution is 2.27. The second-order valence-corrected chi connectivity index (χ2v) is 11.3. The van der Waals surface area contributed by atoms with E-state index in [1.54, 1.807) is 20.2 Å². The van der Waals surface area contributed by atoms with Crippen LogP contribution in [-0.2, 0) is 9.59 Å². The summed E-state index contributed by atoms with van der Waals surface area (Å²) in [6.45, 7) is 11.3. The molecule has 0 radical (unpaired) electrons. The standard InChI is InChI=1S/C35H49N5O3/c1-7-31(35(42)36-5)33(40-38-23-11-22-37-34(41)29-12-9-8-10-13-29)32(24(2)3)39-25(4)26-14-16-27(17-15-26)28-18-20-30(43-6)21-19-28/h7,14-21,24-25,29,38,40H,1,8-13,22-23H2,2-6H3,(H,36,42)(H,37,41)/b33-31-,39-32?. The van der Waals surface area contributed by atoms with E-state index in [0.29, 0.717) is 24.4 Å². The van der Waals surface area contributed by atoms with E-state index in [4.69, 9.17) is 9.73 Å². The Bertz CT molecular complexity index is 1260. The Morgan fingerprint density at radius 2 is 1.60 bits per heavy atom. The van der Waals surface area contributed by atoms with Gasteiger partial charge in [0.25, 0.3) is 5.91 Å². The van der Waals surface area contributed by atoms with Gasteiger partial charge in [0, 0.05) is 26.1 Å². The molecule has 1 saturated carbocycles. The molecule has 8 nitrogen and oxygen atoms in total. The van der Waals surface area contributed by atoms with Crippen LogP contribution >= 0.6 is 0 Å². The normalized spacial score (nSPS) is 15.3. The average molecular weight is 588 g/mol. The molecule has 2 aromatic carbocycles. The Hall–Kier alpha value is -3.91. The van der Waals surface area contributed by atoms with Crippen molar-refractivity contribution in [3.63, 3.8) is 0 Å². The lowest BCUT2D eigenvalue weighted by Gasteiger charge is -2.22. The molecule has 43 heavy (non-hydrogen) atoms. The maximum absolute atomic E-state index is 12.8. The number of allylic oxidation sites excluding steroid dienone is 1. The smallest absolute Gasteiger partial charge is 0.253 e. The minimum Gasteiger partial charge on any atom is -0.497 e. The number of nitrogens with zero attached hydrogens (tertiary/aromatic N) is 1. The number of benzene rings is 2. The Labute approximate surface area is 257 Å². The van der Waals surface area contributed by atoms with Crippen LogP contribution in [0.3, 0.4) is 0 Å². The molecule has 0 aromatic heterocycles. The van der Waals surface area contributed by atoms with Crippen molar-refractivity contribution in [1.29, 1.82) is 0 Å². The number of hydrogen-bond acceptors (Lipinski definition) is 6. The molecule has 8 heteroatoms. The summed E-state index contributed by atoms with van der Waals surface area (Å²) >= 11 is 0. The van der Waals surface area contributed by atoms with Gasteiger partial charge in [0.15, 0.2) is 0 Å². The Balaban J connectivity index is 1.71. The molecule has 0 spiro atoms. The van der Waals surface area contributed by atoms with Crippen molar-refractivity contribution in [3.05, 3.63) is 78.0 Å². The molecule has 1 aliphatic rings. The number of hydrazine groups is 1. The summed E-state index contributed by atoms with van der Waals surface area (Å²) in [5, 5.41) is 5.79. The van der Waals surface area contributed by atoms with Crippen LogP contribution in [0.2, 0.25) is 0 Å². The number of hydrogen-bond donors (Lipinski definition) is 4. The van der Waals surface area contributed by atoms with Gasteiger partial charge in [0.1, 0.15) is 5.75 Å². The van der Waals surface area contributed by atoms with Crippen molar-refractivity contribution in [1.82, 2.24) is 21.5 Å². The zero-order valence-electron chi connectivity index (χ0n) is 26.5. The van der Waals surface area contributed by atoms with Gasteiger partial charge in [-0.15, -0.1) is 0 Å². The highest BCUT2D eigenvalue weighted by molar-refractivity contribution is 6.09. The van der Waals surface area contributed by atoms with Gasteiger partial charge in [-0.25, -0.2) is 5.43 Å².